The van der Waals surface area contributed by atoms with Crippen molar-refractivity contribution in [3.8, 4) is 0 Å². The molecule has 0 aliphatic heterocycles. The fraction of sp³-hybridized carbons (Fsp3) is 0.462. The largest absolute Gasteiger partial charge is 0.324 e. The van der Waals surface area contributed by atoms with E-state index >= 15 is 0 Å². The number of hydrogen-bond acceptors (Lipinski definition) is 1. The summed E-state index contributed by atoms with van der Waals surface area (Å²) in [5.74, 6) is -0.495. The SMILES string of the molecule is CCc1ccc(F)c(Br)c1NC(=O)C(C)(C)C. The van der Waals surface area contributed by atoms with Crippen LogP contribution in [0.5, 0.6) is 0 Å². The van der Waals surface area contributed by atoms with E-state index in [2.05, 4.69) is 21.2 Å². The lowest BCUT2D eigenvalue weighted by Crippen LogP contribution is -2.28. The van der Waals surface area contributed by atoms with Crippen LogP contribution >= 0.6 is 15.9 Å². The van der Waals surface area contributed by atoms with Gasteiger partial charge in [-0.1, -0.05) is 33.8 Å². The van der Waals surface area contributed by atoms with Crippen LogP contribution in [0.2, 0.25) is 0 Å². The smallest absolute Gasteiger partial charge is 0.229 e. The molecular weight excluding hydrogens is 285 g/mol. The predicted octanol–water partition coefficient (Wildman–Crippen LogP) is 4.14. The summed E-state index contributed by atoms with van der Waals surface area (Å²) in [6.07, 6.45) is 0.735. The monoisotopic (exact) mass is 301 g/mol. The first-order valence-electron chi connectivity index (χ1n) is 5.55. The molecule has 0 bridgehead atoms. The molecule has 1 N–H and O–H groups in total. The van der Waals surface area contributed by atoms with Crippen molar-refractivity contribution in [2.45, 2.75) is 34.1 Å². The van der Waals surface area contributed by atoms with Crippen LogP contribution in [0, 0.1) is 11.2 Å². The molecule has 94 valence electrons. The van der Waals surface area contributed by atoms with Crippen LogP contribution in [0.3, 0.4) is 0 Å². The van der Waals surface area contributed by atoms with Gasteiger partial charge in [-0.15, -0.1) is 0 Å². The number of rotatable bonds is 2. The van der Waals surface area contributed by atoms with Crippen molar-refractivity contribution in [3.05, 3.63) is 28.0 Å². The second-order valence-corrected chi connectivity index (χ2v) is 5.75. The van der Waals surface area contributed by atoms with Crippen LogP contribution in [0.25, 0.3) is 0 Å². The lowest BCUT2D eigenvalue weighted by atomic mass is 9.95. The maximum Gasteiger partial charge on any atom is 0.229 e. The molecule has 0 aliphatic carbocycles. The Labute approximate surface area is 110 Å². The van der Waals surface area contributed by atoms with Gasteiger partial charge in [0, 0.05) is 5.41 Å². The molecule has 0 spiro atoms. The molecule has 1 aromatic rings. The first-order chi connectivity index (χ1) is 7.77. The summed E-state index contributed by atoms with van der Waals surface area (Å²) in [4.78, 5) is 11.9. The Hall–Kier alpha value is -0.900. The molecule has 2 nitrogen and oxygen atoms in total. The van der Waals surface area contributed by atoms with Crippen molar-refractivity contribution in [3.63, 3.8) is 0 Å². The van der Waals surface area contributed by atoms with Gasteiger partial charge in [-0.2, -0.15) is 0 Å². The minimum Gasteiger partial charge on any atom is -0.324 e. The molecule has 0 fully saturated rings. The third-order valence-corrected chi connectivity index (χ3v) is 3.26. The lowest BCUT2D eigenvalue weighted by molar-refractivity contribution is -0.123. The molecule has 0 saturated heterocycles. The summed E-state index contributed by atoms with van der Waals surface area (Å²) >= 11 is 3.18. The minimum atomic E-state index is -0.503. The fourth-order valence-corrected chi connectivity index (χ4v) is 1.81. The fourth-order valence-electron chi connectivity index (χ4n) is 1.32. The molecule has 0 unspecified atom stereocenters. The normalized spacial score (nSPS) is 11.4. The van der Waals surface area contributed by atoms with Gasteiger partial charge in [-0.25, -0.2) is 4.39 Å². The molecule has 1 amide bonds. The van der Waals surface area contributed by atoms with Gasteiger partial charge in [0.15, 0.2) is 0 Å². The highest BCUT2D eigenvalue weighted by atomic mass is 79.9. The molecule has 0 aromatic heterocycles. The molecule has 4 heteroatoms. The van der Waals surface area contributed by atoms with Crippen LogP contribution in [-0.4, -0.2) is 5.91 Å². The lowest BCUT2D eigenvalue weighted by Gasteiger charge is -2.20. The van der Waals surface area contributed by atoms with E-state index in [4.69, 9.17) is 0 Å². The Balaban J connectivity index is 3.13. The van der Waals surface area contributed by atoms with E-state index in [1.54, 1.807) is 6.07 Å². The van der Waals surface area contributed by atoms with Crippen molar-refractivity contribution in [1.29, 1.82) is 0 Å². The topological polar surface area (TPSA) is 29.1 Å². The Bertz CT molecular complexity index is 438. The van der Waals surface area contributed by atoms with Crippen LogP contribution in [0.4, 0.5) is 10.1 Å². The third-order valence-electron chi connectivity index (χ3n) is 2.48. The van der Waals surface area contributed by atoms with E-state index in [1.807, 2.05) is 27.7 Å². The molecular formula is C13H17BrFNO. The number of halogens is 2. The first kappa shape index (κ1) is 14.2. The van der Waals surface area contributed by atoms with Crippen molar-refractivity contribution in [1.82, 2.24) is 0 Å². The van der Waals surface area contributed by atoms with Crippen molar-refractivity contribution in [2.75, 3.05) is 5.32 Å². The number of aryl methyl sites for hydroxylation is 1. The zero-order valence-corrected chi connectivity index (χ0v) is 12.1. The number of nitrogens with one attached hydrogen (secondary N) is 1. The molecule has 17 heavy (non-hydrogen) atoms. The van der Waals surface area contributed by atoms with Gasteiger partial charge >= 0.3 is 0 Å². The van der Waals surface area contributed by atoms with Gasteiger partial charge in [0.05, 0.1) is 10.2 Å². The Morgan fingerprint density at radius 3 is 2.47 bits per heavy atom. The third kappa shape index (κ3) is 3.28. The van der Waals surface area contributed by atoms with Crippen molar-refractivity contribution < 1.29 is 9.18 Å². The zero-order chi connectivity index (χ0) is 13.2. The van der Waals surface area contributed by atoms with Gasteiger partial charge in [0.25, 0.3) is 0 Å². The van der Waals surface area contributed by atoms with Gasteiger partial charge in [0.2, 0.25) is 5.91 Å². The summed E-state index contributed by atoms with van der Waals surface area (Å²) in [5, 5.41) is 2.78. The molecule has 0 saturated carbocycles. The van der Waals surface area contributed by atoms with Crippen LogP contribution < -0.4 is 5.32 Å². The first-order valence-corrected chi connectivity index (χ1v) is 6.35. The Kier molecular flexibility index (Phi) is 4.31. The summed E-state index contributed by atoms with van der Waals surface area (Å²) < 4.78 is 13.8. The number of amides is 1. The van der Waals surface area contributed by atoms with Gasteiger partial charge in [0.1, 0.15) is 5.82 Å². The van der Waals surface area contributed by atoms with E-state index < -0.39 is 5.41 Å². The molecule has 0 aliphatic rings. The highest BCUT2D eigenvalue weighted by Crippen LogP contribution is 2.31. The quantitative estimate of drug-likeness (QED) is 0.874. The number of benzene rings is 1. The second kappa shape index (κ2) is 5.17. The maximum atomic E-state index is 13.4. The average molecular weight is 302 g/mol. The molecule has 0 radical (unpaired) electrons. The van der Waals surface area contributed by atoms with E-state index in [0.29, 0.717) is 10.2 Å². The molecule has 1 aromatic carbocycles. The Morgan fingerprint density at radius 2 is 2.00 bits per heavy atom. The van der Waals surface area contributed by atoms with E-state index in [9.17, 15) is 9.18 Å². The van der Waals surface area contributed by atoms with Crippen molar-refractivity contribution >= 4 is 27.5 Å². The summed E-state index contributed by atoms with van der Waals surface area (Å²) in [5.41, 5.74) is 0.944. The van der Waals surface area contributed by atoms with Gasteiger partial charge < -0.3 is 5.32 Å². The van der Waals surface area contributed by atoms with E-state index in [1.165, 1.54) is 6.07 Å². The minimum absolute atomic E-state index is 0.126. The van der Waals surface area contributed by atoms with Crippen molar-refractivity contribution in [2.24, 2.45) is 5.41 Å². The number of hydrogen-bond donors (Lipinski definition) is 1. The van der Waals surface area contributed by atoms with E-state index in [-0.39, 0.29) is 11.7 Å². The van der Waals surface area contributed by atoms with Gasteiger partial charge in [-0.05, 0) is 34.0 Å². The average Bonchev–Trinajstić information content (AvgIpc) is 2.23. The standard InChI is InChI=1S/C13H17BrFNO/c1-5-8-6-7-9(15)10(14)11(8)16-12(17)13(2,3)4/h6-7H,5H2,1-4H3,(H,16,17). The summed E-state index contributed by atoms with van der Waals surface area (Å²) in [6.45, 7) is 7.43. The molecule has 1 rings (SSSR count). The molecule has 0 heterocycles. The summed E-state index contributed by atoms with van der Waals surface area (Å²) in [7, 11) is 0. The predicted molar refractivity (Wildman–Crippen MR) is 71.6 cm³/mol. The second-order valence-electron chi connectivity index (χ2n) is 4.95. The highest BCUT2D eigenvalue weighted by Gasteiger charge is 2.23. The van der Waals surface area contributed by atoms with Crippen LogP contribution in [0.1, 0.15) is 33.3 Å². The summed E-state index contributed by atoms with van der Waals surface area (Å²) in [6, 6.07) is 3.09. The zero-order valence-electron chi connectivity index (χ0n) is 10.5. The Morgan fingerprint density at radius 1 is 1.41 bits per heavy atom. The van der Waals surface area contributed by atoms with E-state index in [0.717, 1.165) is 12.0 Å². The van der Waals surface area contributed by atoms with Gasteiger partial charge in [-0.3, -0.25) is 4.79 Å². The number of carbonyl (C=O) groups is 1. The van der Waals surface area contributed by atoms with Crippen LogP contribution in [0.15, 0.2) is 16.6 Å². The number of anilines is 1. The molecule has 0 atom stereocenters. The highest BCUT2D eigenvalue weighted by molar-refractivity contribution is 9.10. The van der Waals surface area contributed by atoms with Crippen LogP contribution in [-0.2, 0) is 11.2 Å². The number of carbonyl (C=O) groups excluding carboxylic acids is 1. The maximum absolute atomic E-state index is 13.4.